The molecule has 1 rings (SSSR count). The molecule has 0 N–H and O–H groups in total. The fraction of sp³-hybridized carbons (Fsp3) is 0.455. The monoisotopic (exact) mass is 466 g/mol. The maximum absolute atomic E-state index is 11.3. The molecule has 0 aliphatic heterocycles. The van der Waals surface area contributed by atoms with Crippen LogP contribution >= 0.6 is 0 Å². The van der Waals surface area contributed by atoms with E-state index in [0.29, 0.717) is 0 Å². The number of carboxylic acid groups (broad SMARTS) is 6. The topological polar surface area (TPSA) is 241 Å². The number of hydrogen-bond donors (Lipinski definition) is 0. The van der Waals surface area contributed by atoms with Crippen LogP contribution in [0.3, 0.4) is 0 Å². The molecule has 0 aromatic heterocycles. The molecule has 29 heavy (non-hydrogen) atoms. The Morgan fingerprint density at radius 3 is 1.03 bits per heavy atom. The van der Waals surface area contributed by atoms with Gasteiger partial charge in [0.1, 0.15) is 0 Å². The fourth-order valence-electron chi connectivity index (χ4n) is 2.99. The minimum atomic E-state index is -4.35. The SMILES string of the molecule is O=C([O-])C1CC(C(=O)[O-])(C(=O)[O-])C(C(=O)[O-])(C(=O)[O-])C1C(=O)[O-].[Na+].[Na+].[Na+].[Na+].[Na+].[Na+]. The average molecular weight is 466 g/mol. The van der Waals surface area contributed by atoms with Gasteiger partial charge in [0.05, 0.1) is 34.7 Å². The van der Waals surface area contributed by atoms with Crippen molar-refractivity contribution in [2.24, 2.45) is 22.7 Å². The molecule has 18 heteroatoms. The average Bonchev–Trinajstić information content (AvgIpc) is 2.72. The Morgan fingerprint density at radius 1 is 0.552 bits per heavy atom. The first-order chi connectivity index (χ1) is 10.4. The van der Waals surface area contributed by atoms with E-state index in [1.807, 2.05) is 0 Å². The van der Waals surface area contributed by atoms with E-state index in [0.717, 1.165) is 0 Å². The van der Waals surface area contributed by atoms with E-state index in [9.17, 15) is 59.4 Å². The third-order valence-electron chi connectivity index (χ3n) is 3.97. The summed E-state index contributed by atoms with van der Waals surface area (Å²) >= 11 is 0. The first kappa shape index (κ1) is 45.3. The van der Waals surface area contributed by atoms with Gasteiger partial charge in [0.25, 0.3) is 0 Å². The third kappa shape index (κ3) is 7.40. The number of carboxylic acids is 6. The minimum absolute atomic E-state index is 0. The molecule has 0 bridgehead atoms. The molecular formula is C11H4Na6O12. The van der Waals surface area contributed by atoms with Gasteiger partial charge < -0.3 is 59.4 Å². The van der Waals surface area contributed by atoms with Crippen molar-refractivity contribution in [2.75, 3.05) is 0 Å². The molecule has 0 aromatic rings. The molecule has 0 heterocycles. The molecule has 1 fully saturated rings. The summed E-state index contributed by atoms with van der Waals surface area (Å²) in [5.41, 5.74) is -8.45. The van der Waals surface area contributed by atoms with E-state index in [2.05, 4.69) is 0 Å². The van der Waals surface area contributed by atoms with Gasteiger partial charge >= 0.3 is 177 Å². The molecule has 126 valence electrons. The molecule has 0 radical (unpaired) electrons. The van der Waals surface area contributed by atoms with Crippen molar-refractivity contribution < 1.29 is 237 Å². The van der Waals surface area contributed by atoms with Crippen LogP contribution in [0.5, 0.6) is 0 Å². The molecule has 0 amide bonds. The normalized spacial score (nSPS) is 19.4. The van der Waals surface area contributed by atoms with E-state index >= 15 is 0 Å². The summed E-state index contributed by atoms with van der Waals surface area (Å²) in [5, 5.41) is 66.9. The zero-order valence-electron chi connectivity index (χ0n) is 16.8. The molecule has 12 nitrogen and oxygen atoms in total. The van der Waals surface area contributed by atoms with Crippen LogP contribution < -0.4 is 208 Å². The van der Waals surface area contributed by atoms with Crippen molar-refractivity contribution in [3.05, 3.63) is 0 Å². The largest absolute Gasteiger partial charge is 1.00 e. The Labute approximate surface area is 296 Å². The molecule has 1 aliphatic rings. The predicted octanol–water partition coefficient (Wildman–Crippen LogP) is -27.9. The van der Waals surface area contributed by atoms with Crippen molar-refractivity contribution in [3.63, 3.8) is 0 Å². The summed E-state index contributed by atoms with van der Waals surface area (Å²) < 4.78 is 0. The smallest absolute Gasteiger partial charge is 0.550 e. The van der Waals surface area contributed by atoms with Crippen molar-refractivity contribution in [1.82, 2.24) is 0 Å². The van der Waals surface area contributed by atoms with E-state index in [1.165, 1.54) is 0 Å². The van der Waals surface area contributed by atoms with Crippen LogP contribution in [-0.4, -0.2) is 35.8 Å². The van der Waals surface area contributed by atoms with Gasteiger partial charge in [-0.2, -0.15) is 0 Å². The maximum atomic E-state index is 11.3. The number of rotatable bonds is 6. The summed E-state index contributed by atoms with van der Waals surface area (Å²) in [6.45, 7) is 0. The van der Waals surface area contributed by atoms with Gasteiger partial charge in [-0.1, -0.05) is 0 Å². The van der Waals surface area contributed by atoms with Gasteiger partial charge in [0.15, 0.2) is 0 Å². The Balaban J connectivity index is -0.000000220. The summed E-state index contributed by atoms with van der Waals surface area (Å²) in [5.74, 6) is -22.8. The fourth-order valence-corrected chi connectivity index (χ4v) is 2.99. The molecule has 1 aliphatic carbocycles. The van der Waals surface area contributed by atoms with E-state index in [1.54, 1.807) is 0 Å². The number of hydrogen-bond acceptors (Lipinski definition) is 12. The molecule has 2 atom stereocenters. The van der Waals surface area contributed by atoms with E-state index in [-0.39, 0.29) is 177 Å². The first-order valence-electron chi connectivity index (χ1n) is 5.66. The minimum Gasteiger partial charge on any atom is -0.550 e. The molecule has 1 saturated carbocycles. The first-order valence-corrected chi connectivity index (χ1v) is 5.66. The Kier molecular flexibility index (Phi) is 27.0. The summed E-state index contributed by atoms with van der Waals surface area (Å²) in [6.07, 6.45) is -1.82. The third-order valence-corrected chi connectivity index (χ3v) is 3.97. The zero-order valence-corrected chi connectivity index (χ0v) is 28.8. The Bertz CT molecular complexity index is 624. The molecule has 0 aromatic carbocycles. The van der Waals surface area contributed by atoms with E-state index in [4.69, 9.17) is 0 Å². The van der Waals surface area contributed by atoms with Gasteiger partial charge in [-0.25, -0.2) is 0 Å². The summed E-state index contributed by atoms with van der Waals surface area (Å²) in [6, 6.07) is 0. The van der Waals surface area contributed by atoms with Crippen LogP contribution in [0.15, 0.2) is 0 Å². The van der Waals surface area contributed by atoms with Gasteiger partial charge in [-0.3, -0.25) is 0 Å². The second kappa shape index (κ2) is 17.3. The number of carbonyl (C=O) groups is 6. The van der Waals surface area contributed by atoms with Crippen LogP contribution in [0.2, 0.25) is 0 Å². The second-order valence-electron chi connectivity index (χ2n) is 4.79. The maximum Gasteiger partial charge on any atom is 1.00 e. The van der Waals surface area contributed by atoms with Crippen LogP contribution in [0.25, 0.3) is 0 Å². The molecule has 0 saturated heterocycles. The van der Waals surface area contributed by atoms with Gasteiger partial charge in [-0.15, -0.1) is 0 Å². The van der Waals surface area contributed by atoms with Crippen LogP contribution in [0, 0.1) is 22.7 Å². The summed E-state index contributed by atoms with van der Waals surface area (Å²) in [4.78, 5) is 66.9. The van der Waals surface area contributed by atoms with Crippen molar-refractivity contribution in [1.29, 1.82) is 0 Å². The zero-order chi connectivity index (χ0) is 18.3. The standard InChI is InChI=1S/C11H10O12.6Na/c12-4(13)2-1-10(6(16)17,7(18)19)11(8(20)21,9(22)23)3(2)5(14)15;;;;;;/h2-3H,1H2,(H,12,13)(H,14,15)(H,16,17)(H,18,19)(H,20,21)(H,22,23);;;;;;/q;6*+1/p-6. The van der Waals surface area contributed by atoms with Crippen LogP contribution in [0.4, 0.5) is 0 Å². The van der Waals surface area contributed by atoms with Crippen molar-refractivity contribution in [3.8, 4) is 0 Å². The van der Waals surface area contributed by atoms with Gasteiger partial charge in [0, 0.05) is 23.8 Å². The van der Waals surface area contributed by atoms with Crippen molar-refractivity contribution in [2.45, 2.75) is 6.42 Å². The summed E-state index contributed by atoms with van der Waals surface area (Å²) in [7, 11) is 0. The molecule has 0 spiro atoms. The number of aliphatic carboxylic acids is 6. The predicted molar refractivity (Wildman–Crippen MR) is 46.5 cm³/mol. The Hall–Kier alpha value is 2.82. The number of carbonyl (C=O) groups excluding carboxylic acids is 6. The molecular weight excluding hydrogens is 462 g/mol. The van der Waals surface area contributed by atoms with Gasteiger partial charge in [-0.05, 0) is 6.42 Å². The molecule has 2 unspecified atom stereocenters. The quantitative estimate of drug-likeness (QED) is 0.262. The van der Waals surface area contributed by atoms with Crippen molar-refractivity contribution >= 4 is 35.8 Å². The van der Waals surface area contributed by atoms with E-state index < -0.39 is 64.9 Å². The Morgan fingerprint density at radius 2 is 0.862 bits per heavy atom. The second-order valence-corrected chi connectivity index (χ2v) is 4.79. The van der Waals surface area contributed by atoms with Gasteiger partial charge in [0.2, 0.25) is 0 Å². The van der Waals surface area contributed by atoms with Crippen LogP contribution in [0.1, 0.15) is 6.42 Å². The van der Waals surface area contributed by atoms with Crippen LogP contribution in [-0.2, 0) is 28.8 Å².